The number of benzene rings is 1. The number of ether oxygens (including phenoxy) is 1. The van der Waals surface area contributed by atoms with Gasteiger partial charge in [-0.2, -0.15) is 0 Å². The van der Waals surface area contributed by atoms with E-state index in [2.05, 4.69) is 12.3 Å². The van der Waals surface area contributed by atoms with E-state index >= 15 is 0 Å². The van der Waals surface area contributed by atoms with Gasteiger partial charge < -0.3 is 4.74 Å². The largest absolute Gasteiger partial charge is 0.374 e. The molecule has 5 heteroatoms. The molecule has 1 aliphatic heterocycles. The third kappa shape index (κ3) is 3.37. The number of nitrogens with two attached hydrogens (primary N) is 1. The van der Waals surface area contributed by atoms with Crippen LogP contribution in [-0.4, -0.2) is 18.2 Å². The molecule has 0 spiro atoms. The maximum absolute atomic E-state index is 6.16. The SMILES string of the molecule is CC1CCC(C(Cc2cc(Cl)ccc2Cl)NN)O1. The average molecular weight is 289 g/mol. The highest BCUT2D eigenvalue weighted by Crippen LogP contribution is 2.26. The van der Waals surface area contributed by atoms with Gasteiger partial charge in [0.1, 0.15) is 0 Å². The molecule has 1 heterocycles. The first-order valence-electron chi connectivity index (χ1n) is 6.15. The molecule has 3 unspecified atom stereocenters. The Labute approximate surface area is 118 Å². The van der Waals surface area contributed by atoms with Crippen LogP contribution < -0.4 is 11.3 Å². The summed E-state index contributed by atoms with van der Waals surface area (Å²) in [5.41, 5.74) is 3.83. The van der Waals surface area contributed by atoms with Gasteiger partial charge in [-0.05, 0) is 49.9 Å². The molecule has 0 aromatic heterocycles. The Morgan fingerprint density at radius 2 is 2.22 bits per heavy atom. The van der Waals surface area contributed by atoms with Crippen LogP contribution in [0, 0.1) is 0 Å². The van der Waals surface area contributed by atoms with Crippen LogP contribution in [0.2, 0.25) is 10.0 Å². The molecule has 0 radical (unpaired) electrons. The van der Waals surface area contributed by atoms with Crippen LogP contribution in [0.4, 0.5) is 0 Å². The predicted molar refractivity (Wildman–Crippen MR) is 74.8 cm³/mol. The zero-order valence-electron chi connectivity index (χ0n) is 10.3. The van der Waals surface area contributed by atoms with Gasteiger partial charge in [-0.25, -0.2) is 0 Å². The van der Waals surface area contributed by atoms with Crippen molar-refractivity contribution in [3.8, 4) is 0 Å². The third-order valence-corrected chi connectivity index (χ3v) is 3.98. The third-order valence-electron chi connectivity index (χ3n) is 3.38. The molecule has 2 rings (SSSR count). The fraction of sp³-hybridized carbons (Fsp3) is 0.538. The number of nitrogens with one attached hydrogen (secondary N) is 1. The quantitative estimate of drug-likeness (QED) is 0.662. The molecule has 0 saturated carbocycles. The smallest absolute Gasteiger partial charge is 0.0749 e. The lowest BCUT2D eigenvalue weighted by Gasteiger charge is -2.23. The van der Waals surface area contributed by atoms with Gasteiger partial charge >= 0.3 is 0 Å². The summed E-state index contributed by atoms with van der Waals surface area (Å²) in [4.78, 5) is 0. The van der Waals surface area contributed by atoms with Crippen LogP contribution in [0.3, 0.4) is 0 Å². The number of hydrazine groups is 1. The summed E-state index contributed by atoms with van der Waals surface area (Å²) >= 11 is 12.1. The normalized spacial score (nSPS) is 25.3. The van der Waals surface area contributed by atoms with E-state index in [1.807, 2.05) is 12.1 Å². The molecule has 1 aromatic carbocycles. The zero-order valence-corrected chi connectivity index (χ0v) is 11.8. The van der Waals surface area contributed by atoms with E-state index in [9.17, 15) is 0 Å². The first kappa shape index (κ1) is 14.1. The molecular formula is C13H18Cl2N2O. The molecule has 18 heavy (non-hydrogen) atoms. The first-order chi connectivity index (χ1) is 8.60. The Morgan fingerprint density at radius 3 is 2.83 bits per heavy atom. The second kappa shape index (κ2) is 6.22. The van der Waals surface area contributed by atoms with Gasteiger partial charge in [0.25, 0.3) is 0 Å². The molecule has 3 N–H and O–H groups in total. The molecule has 0 aliphatic carbocycles. The molecule has 3 atom stereocenters. The standard InChI is InChI=1S/C13H18Cl2N2O/c1-8-2-5-13(18-8)12(17-16)7-9-6-10(14)3-4-11(9)15/h3-4,6,8,12-13,17H,2,5,7,16H2,1H3. The maximum Gasteiger partial charge on any atom is 0.0749 e. The van der Waals surface area contributed by atoms with E-state index in [0.717, 1.165) is 18.4 Å². The maximum atomic E-state index is 6.16. The molecule has 1 fully saturated rings. The lowest BCUT2D eigenvalue weighted by atomic mass is 10.00. The summed E-state index contributed by atoms with van der Waals surface area (Å²) in [6.07, 6.45) is 3.26. The van der Waals surface area contributed by atoms with Gasteiger partial charge in [0, 0.05) is 10.0 Å². The van der Waals surface area contributed by atoms with Crippen LogP contribution in [0.25, 0.3) is 0 Å². The highest BCUT2D eigenvalue weighted by Gasteiger charge is 2.29. The number of rotatable bonds is 4. The fourth-order valence-electron chi connectivity index (χ4n) is 2.36. The van der Waals surface area contributed by atoms with Gasteiger partial charge in [-0.3, -0.25) is 11.3 Å². The van der Waals surface area contributed by atoms with Crippen molar-refractivity contribution in [1.29, 1.82) is 0 Å². The lowest BCUT2D eigenvalue weighted by Crippen LogP contribution is -2.45. The van der Waals surface area contributed by atoms with Crippen molar-refractivity contribution in [2.45, 2.75) is 44.4 Å². The molecular weight excluding hydrogens is 271 g/mol. The highest BCUT2D eigenvalue weighted by atomic mass is 35.5. The minimum atomic E-state index is 0.0610. The van der Waals surface area contributed by atoms with Gasteiger partial charge in [0.2, 0.25) is 0 Å². The second-order valence-corrected chi connectivity index (χ2v) is 5.62. The summed E-state index contributed by atoms with van der Waals surface area (Å²) in [6, 6.07) is 5.54. The first-order valence-corrected chi connectivity index (χ1v) is 6.91. The molecule has 0 amide bonds. The molecule has 3 nitrogen and oxygen atoms in total. The average Bonchev–Trinajstić information content (AvgIpc) is 2.77. The molecule has 1 aromatic rings. The molecule has 1 aliphatic rings. The Bertz CT molecular complexity index is 414. The predicted octanol–water partition coefficient (Wildman–Crippen LogP) is 2.94. The summed E-state index contributed by atoms with van der Waals surface area (Å²) < 4.78 is 5.84. The fourth-order valence-corrected chi connectivity index (χ4v) is 2.75. The molecule has 1 saturated heterocycles. The van der Waals surface area contributed by atoms with E-state index in [1.165, 1.54) is 0 Å². The minimum Gasteiger partial charge on any atom is -0.374 e. The van der Waals surface area contributed by atoms with Gasteiger partial charge in [0.05, 0.1) is 18.2 Å². The number of halogens is 2. The molecule has 100 valence electrons. The summed E-state index contributed by atoms with van der Waals surface area (Å²) in [5.74, 6) is 5.63. The van der Waals surface area contributed by atoms with Crippen molar-refractivity contribution in [3.63, 3.8) is 0 Å². The van der Waals surface area contributed by atoms with Crippen molar-refractivity contribution in [2.75, 3.05) is 0 Å². The Kier molecular flexibility index (Phi) is 4.87. The van der Waals surface area contributed by atoms with Crippen molar-refractivity contribution in [3.05, 3.63) is 33.8 Å². The van der Waals surface area contributed by atoms with Crippen molar-refractivity contribution in [2.24, 2.45) is 5.84 Å². The Morgan fingerprint density at radius 1 is 1.44 bits per heavy atom. The summed E-state index contributed by atoms with van der Waals surface area (Å²) in [6.45, 7) is 2.08. The van der Waals surface area contributed by atoms with Crippen LogP contribution in [0.1, 0.15) is 25.3 Å². The molecule has 0 bridgehead atoms. The summed E-state index contributed by atoms with van der Waals surface area (Å²) in [5, 5.41) is 1.40. The van der Waals surface area contributed by atoms with Crippen molar-refractivity contribution >= 4 is 23.2 Å². The van der Waals surface area contributed by atoms with E-state index in [4.69, 9.17) is 33.8 Å². The van der Waals surface area contributed by atoms with Crippen LogP contribution >= 0.6 is 23.2 Å². The van der Waals surface area contributed by atoms with Gasteiger partial charge in [0.15, 0.2) is 0 Å². The topological polar surface area (TPSA) is 47.3 Å². The zero-order chi connectivity index (χ0) is 13.1. The van der Waals surface area contributed by atoms with Gasteiger partial charge in [-0.15, -0.1) is 0 Å². The minimum absolute atomic E-state index is 0.0610. The number of hydrogen-bond donors (Lipinski definition) is 2. The number of hydrogen-bond acceptors (Lipinski definition) is 3. The van der Waals surface area contributed by atoms with Crippen molar-refractivity contribution < 1.29 is 4.74 Å². The second-order valence-electron chi connectivity index (χ2n) is 4.78. The van der Waals surface area contributed by atoms with Crippen LogP contribution in [0.5, 0.6) is 0 Å². The van der Waals surface area contributed by atoms with Gasteiger partial charge in [-0.1, -0.05) is 23.2 Å². The Hall–Kier alpha value is -0.320. The summed E-state index contributed by atoms with van der Waals surface area (Å²) in [7, 11) is 0. The van der Waals surface area contributed by atoms with E-state index < -0.39 is 0 Å². The Balaban J connectivity index is 2.08. The van der Waals surface area contributed by atoms with Crippen LogP contribution in [0.15, 0.2) is 18.2 Å². The van der Waals surface area contributed by atoms with Crippen LogP contribution in [-0.2, 0) is 11.2 Å². The highest BCUT2D eigenvalue weighted by molar-refractivity contribution is 6.33. The van der Waals surface area contributed by atoms with E-state index in [0.29, 0.717) is 22.6 Å². The van der Waals surface area contributed by atoms with Crippen molar-refractivity contribution in [1.82, 2.24) is 5.43 Å². The van der Waals surface area contributed by atoms with E-state index in [1.54, 1.807) is 6.07 Å². The van der Waals surface area contributed by atoms with E-state index in [-0.39, 0.29) is 12.1 Å². The monoisotopic (exact) mass is 288 g/mol. The lowest BCUT2D eigenvalue weighted by molar-refractivity contribution is 0.0320.